The van der Waals surface area contributed by atoms with Crippen molar-refractivity contribution in [3.63, 3.8) is 0 Å². The van der Waals surface area contributed by atoms with E-state index >= 15 is 0 Å². The molecule has 204 valence electrons. The SMILES string of the molecule is O.O=C(NCc1ccc(S(=O)(=O)Nc2ccccc2)cc1)NC[C@H]1CN(Cc2ccc(Cl)c(Cl)c2)CCO1. The molecule has 1 saturated heterocycles. The summed E-state index contributed by atoms with van der Waals surface area (Å²) in [7, 11) is -3.69. The fourth-order valence-electron chi connectivity index (χ4n) is 3.90. The topological polar surface area (TPSA) is 131 Å². The van der Waals surface area contributed by atoms with Gasteiger partial charge in [-0.15, -0.1) is 0 Å². The van der Waals surface area contributed by atoms with Crippen LogP contribution in [0.4, 0.5) is 10.5 Å². The van der Waals surface area contributed by atoms with E-state index in [0.29, 0.717) is 35.4 Å². The largest absolute Gasteiger partial charge is 0.412 e. The number of nitrogens with one attached hydrogen (secondary N) is 3. The van der Waals surface area contributed by atoms with Crippen LogP contribution < -0.4 is 15.4 Å². The average molecular weight is 582 g/mol. The smallest absolute Gasteiger partial charge is 0.315 e. The zero-order valence-corrected chi connectivity index (χ0v) is 22.8. The van der Waals surface area contributed by atoms with Gasteiger partial charge >= 0.3 is 6.03 Å². The van der Waals surface area contributed by atoms with Gasteiger partial charge in [0.25, 0.3) is 10.0 Å². The summed E-state index contributed by atoms with van der Waals surface area (Å²) in [4.78, 5) is 14.7. The predicted molar refractivity (Wildman–Crippen MR) is 149 cm³/mol. The van der Waals surface area contributed by atoms with Crippen molar-refractivity contribution < 1.29 is 23.4 Å². The second-order valence-electron chi connectivity index (χ2n) is 8.66. The summed E-state index contributed by atoms with van der Waals surface area (Å²) in [6.45, 7) is 3.38. The van der Waals surface area contributed by atoms with Crippen LogP contribution >= 0.6 is 23.2 Å². The Bertz CT molecular complexity index is 1310. The number of carbonyl (C=O) groups excluding carboxylic acids is 1. The number of hydrogen-bond donors (Lipinski definition) is 3. The number of anilines is 1. The number of ether oxygens (including phenoxy) is 1. The van der Waals surface area contributed by atoms with Crippen molar-refractivity contribution in [2.24, 2.45) is 0 Å². The van der Waals surface area contributed by atoms with Crippen molar-refractivity contribution in [3.05, 3.63) is 94.0 Å². The summed E-state index contributed by atoms with van der Waals surface area (Å²) in [5, 5.41) is 6.69. The minimum atomic E-state index is -3.69. The van der Waals surface area contributed by atoms with Gasteiger partial charge in [0.05, 0.1) is 27.7 Å². The molecule has 12 heteroatoms. The summed E-state index contributed by atoms with van der Waals surface area (Å²) in [6, 6.07) is 20.3. The first-order valence-corrected chi connectivity index (χ1v) is 14.0. The fraction of sp³-hybridized carbons (Fsp3) is 0.269. The summed E-state index contributed by atoms with van der Waals surface area (Å²) < 4.78 is 33.4. The van der Waals surface area contributed by atoms with Crippen LogP contribution in [0.15, 0.2) is 77.7 Å². The Hall–Kier alpha value is -2.86. The third-order valence-electron chi connectivity index (χ3n) is 5.82. The molecule has 5 N–H and O–H groups in total. The predicted octanol–water partition coefficient (Wildman–Crippen LogP) is 3.67. The van der Waals surface area contributed by atoms with Crippen LogP contribution in [0, 0.1) is 0 Å². The van der Waals surface area contributed by atoms with Gasteiger partial charge < -0.3 is 20.8 Å². The van der Waals surface area contributed by atoms with E-state index in [9.17, 15) is 13.2 Å². The fourth-order valence-corrected chi connectivity index (χ4v) is 5.28. The Morgan fingerprint density at radius 2 is 1.66 bits per heavy atom. The molecule has 0 saturated carbocycles. The van der Waals surface area contributed by atoms with Gasteiger partial charge in [0.1, 0.15) is 0 Å². The van der Waals surface area contributed by atoms with E-state index in [1.807, 2.05) is 18.2 Å². The Labute approximate surface area is 232 Å². The first-order chi connectivity index (χ1) is 17.8. The monoisotopic (exact) mass is 580 g/mol. The molecule has 0 aliphatic carbocycles. The molecule has 1 aliphatic rings. The lowest BCUT2D eigenvalue weighted by Gasteiger charge is -2.33. The Kier molecular flexibility index (Phi) is 10.8. The molecular formula is C26H30Cl2N4O5S. The molecule has 9 nitrogen and oxygen atoms in total. The lowest BCUT2D eigenvalue weighted by atomic mass is 10.2. The molecule has 1 fully saturated rings. The van der Waals surface area contributed by atoms with Crippen LogP contribution in [0.3, 0.4) is 0 Å². The Morgan fingerprint density at radius 1 is 0.947 bits per heavy atom. The van der Waals surface area contributed by atoms with Crippen molar-refractivity contribution in [1.29, 1.82) is 0 Å². The zero-order valence-electron chi connectivity index (χ0n) is 20.5. The van der Waals surface area contributed by atoms with E-state index < -0.39 is 10.0 Å². The van der Waals surface area contributed by atoms with E-state index in [-0.39, 0.29) is 29.1 Å². The van der Waals surface area contributed by atoms with Gasteiger partial charge in [-0.3, -0.25) is 9.62 Å². The first-order valence-electron chi connectivity index (χ1n) is 11.7. The molecule has 0 unspecified atom stereocenters. The van der Waals surface area contributed by atoms with Gasteiger partial charge in [-0.25, -0.2) is 13.2 Å². The molecule has 3 aromatic carbocycles. The number of halogens is 2. The summed E-state index contributed by atoms with van der Waals surface area (Å²) in [5.74, 6) is 0. The maximum absolute atomic E-state index is 12.6. The standard InChI is InChI=1S/C26H28Cl2N4O4S.H2O/c27-24-11-8-20(14-25(24)28)17-32-12-13-36-22(18-32)16-30-26(33)29-15-19-6-9-23(10-7-19)37(34,35)31-21-4-2-1-3-5-21;/h1-11,14,22,31H,12-13,15-18H2,(H2,29,30,33);1H2/t22-;/m0./s1. The zero-order chi connectivity index (χ0) is 26.3. The first kappa shape index (κ1) is 29.7. The van der Waals surface area contributed by atoms with E-state index in [1.54, 1.807) is 42.5 Å². The highest BCUT2D eigenvalue weighted by molar-refractivity contribution is 7.92. The highest BCUT2D eigenvalue weighted by atomic mass is 35.5. The quantitative estimate of drug-likeness (QED) is 0.355. The van der Waals surface area contributed by atoms with Gasteiger partial charge in [0.15, 0.2) is 0 Å². The number of benzene rings is 3. The molecule has 2 amide bonds. The molecule has 4 rings (SSSR count). The lowest BCUT2D eigenvalue weighted by Crippen LogP contribution is -2.48. The molecule has 1 atom stereocenters. The minimum Gasteiger partial charge on any atom is -0.412 e. The number of morpholine rings is 1. The molecule has 0 radical (unpaired) electrons. The van der Waals surface area contributed by atoms with Crippen LogP contribution in [0.5, 0.6) is 0 Å². The second kappa shape index (κ2) is 13.8. The number of carbonyl (C=O) groups is 1. The minimum absolute atomic E-state index is 0. The van der Waals surface area contributed by atoms with E-state index in [0.717, 1.165) is 24.2 Å². The Morgan fingerprint density at radius 3 is 2.37 bits per heavy atom. The van der Waals surface area contributed by atoms with Gasteiger partial charge in [-0.05, 0) is 47.5 Å². The molecule has 1 aliphatic heterocycles. The number of hydrogen-bond acceptors (Lipinski definition) is 5. The number of amides is 2. The van der Waals surface area contributed by atoms with Crippen LogP contribution in [-0.2, 0) is 27.8 Å². The maximum atomic E-state index is 12.6. The molecule has 1 heterocycles. The molecular weight excluding hydrogens is 551 g/mol. The van der Waals surface area contributed by atoms with E-state index in [1.165, 1.54) is 12.1 Å². The van der Waals surface area contributed by atoms with Crippen LogP contribution in [0.1, 0.15) is 11.1 Å². The van der Waals surface area contributed by atoms with Crippen molar-refractivity contribution >= 4 is 44.9 Å². The number of nitrogens with zero attached hydrogens (tertiary/aromatic N) is 1. The molecule has 0 bridgehead atoms. The van der Waals surface area contributed by atoms with Crippen molar-refractivity contribution in [1.82, 2.24) is 15.5 Å². The maximum Gasteiger partial charge on any atom is 0.315 e. The van der Waals surface area contributed by atoms with Crippen LogP contribution in [-0.4, -0.2) is 57.2 Å². The van der Waals surface area contributed by atoms with E-state index in [4.69, 9.17) is 27.9 Å². The van der Waals surface area contributed by atoms with Gasteiger partial charge in [-0.2, -0.15) is 0 Å². The normalized spacial score (nSPS) is 15.8. The van der Waals surface area contributed by atoms with Crippen LogP contribution in [0.2, 0.25) is 10.0 Å². The van der Waals surface area contributed by atoms with Gasteiger partial charge in [-0.1, -0.05) is 59.6 Å². The Balaban J connectivity index is 0.00000400. The number of urea groups is 1. The molecule has 0 aromatic heterocycles. The lowest BCUT2D eigenvalue weighted by molar-refractivity contribution is -0.0287. The highest BCUT2D eigenvalue weighted by Gasteiger charge is 2.21. The van der Waals surface area contributed by atoms with Crippen molar-refractivity contribution in [3.8, 4) is 0 Å². The number of para-hydroxylation sites is 1. The molecule has 38 heavy (non-hydrogen) atoms. The molecule has 0 spiro atoms. The second-order valence-corrected chi connectivity index (χ2v) is 11.2. The summed E-state index contributed by atoms with van der Waals surface area (Å²) >= 11 is 12.1. The van der Waals surface area contributed by atoms with Crippen LogP contribution in [0.25, 0.3) is 0 Å². The number of rotatable bonds is 9. The average Bonchev–Trinajstić information content (AvgIpc) is 2.89. The van der Waals surface area contributed by atoms with E-state index in [2.05, 4.69) is 20.3 Å². The van der Waals surface area contributed by atoms with Crippen molar-refractivity contribution in [2.45, 2.75) is 24.1 Å². The molecule has 3 aromatic rings. The van der Waals surface area contributed by atoms with Crippen molar-refractivity contribution in [2.75, 3.05) is 31.0 Å². The summed E-state index contributed by atoms with van der Waals surface area (Å²) in [5.41, 5.74) is 2.33. The summed E-state index contributed by atoms with van der Waals surface area (Å²) in [6.07, 6.45) is -0.135. The third-order valence-corrected chi connectivity index (χ3v) is 7.95. The number of sulfonamides is 1. The highest BCUT2D eigenvalue weighted by Crippen LogP contribution is 2.23. The third kappa shape index (κ3) is 8.59. The van der Waals surface area contributed by atoms with Gasteiger partial charge in [0, 0.05) is 38.4 Å². The van der Waals surface area contributed by atoms with Gasteiger partial charge in [0.2, 0.25) is 0 Å².